The van der Waals surface area contributed by atoms with E-state index in [1.807, 2.05) is 0 Å². The molecule has 2 aromatic rings. The molecule has 0 radical (unpaired) electrons. The highest BCUT2D eigenvalue weighted by Crippen LogP contribution is 2.24. The summed E-state index contributed by atoms with van der Waals surface area (Å²) >= 11 is 11.6. The van der Waals surface area contributed by atoms with Crippen LogP contribution in [0.5, 0.6) is 0 Å². The van der Waals surface area contributed by atoms with E-state index in [1.54, 1.807) is 12.1 Å². The number of aromatic nitrogens is 3. The fourth-order valence-electron chi connectivity index (χ4n) is 1.50. The molecule has 1 aromatic heterocycles. The van der Waals surface area contributed by atoms with Crippen molar-refractivity contribution in [2.45, 2.75) is 6.54 Å². The van der Waals surface area contributed by atoms with Gasteiger partial charge in [0.1, 0.15) is 6.54 Å². The molecule has 0 aliphatic carbocycles. The van der Waals surface area contributed by atoms with Crippen molar-refractivity contribution in [1.29, 1.82) is 0 Å². The first-order chi connectivity index (χ1) is 9.99. The molecule has 0 aliphatic heterocycles. The highest BCUT2D eigenvalue weighted by atomic mass is 35.5. The molecule has 1 heterocycles. The van der Waals surface area contributed by atoms with Gasteiger partial charge in [0.2, 0.25) is 5.91 Å². The van der Waals surface area contributed by atoms with Gasteiger partial charge in [-0.15, -0.1) is 5.10 Å². The number of hydrogen-bond acceptors (Lipinski definition) is 5. The predicted molar refractivity (Wildman–Crippen MR) is 76.5 cm³/mol. The van der Waals surface area contributed by atoms with Crippen molar-refractivity contribution in [3.63, 3.8) is 0 Å². The van der Waals surface area contributed by atoms with Gasteiger partial charge in [-0.25, -0.2) is 9.48 Å². The lowest BCUT2D eigenvalue weighted by Crippen LogP contribution is -2.19. The van der Waals surface area contributed by atoms with E-state index < -0.39 is 5.97 Å². The molecule has 0 saturated heterocycles. The van der Waals surface area contributed by atoms with Gasteiger partial charge in [-0.2, -0.15) is 0 Å². The minimum atomic E-state index is -0.619. The average molecular weight is 329 g/mol. The van der Waals surface area contributed by atoms with Gasteiger partial charge in [-0.1, -0.05) is 28.4 Å². The van der Waals surface area contributed by atoms with E-state index >= 15 is 0 Å². The summed E-state index contributed by atoms with van der Waals surface area (Å²) in [7, 11) is 1.23. The van der Waals surface area contributed by atoms with Crippen LogP contribution < -0.4 is 5.32 Å². The van der Waals surface area contributed by atoms with Gasteiger partial charge in [-0.3, -0.25) is 4.79 Å². The lowest BCUT2D eigenvalue weighted by atomic mass is 10.3. The number of anilines is 1. The number of carbonyl (C=O) groups is 2. The second-order valence-corrected chi connectivity index (χ2v) is 4.78. The van der Waals surface area contributed by atoms with Crippen LogP contribution >= 0.6 is 23.2 Å². The van der Waals surface area contributed by atoms with Crippen LogP contribution in [0, 0.1) is 0 Å². The summed E-state index contributed by atoms with van der Waals surface area (Å²) in [6.45, 7) is -0.107. The van der Waals surface area contributed by atoms with Crippen LogP contribution in [0.15, 0.2) is 24.4 Å². The maximum atomic E-state index is 11.8. The first kappa shape index (κ1) is 15.3. The Morgan fingerprint density at radius 2 is 2.10 bits per heavy atom. The molecule has 1 N–H and O–H groups in total. The summed E-state index contributed by atoms with van der Waals surface area (Å²) in [5, 5.41) is 10.6. The number of carbonyl (C=O) groups excluding carboxylic acids is 2. The van der Waals surface area contributed by atoms with Gasteiger partial charge in [-0.05, 0) is 18.2 Å². The number of hydrogen-bond donors (Lipinski definition) is 1. The van der Waals surface area contributed by atoms with Gasteiger partial charge in [0.25, 0.3) is 0 Å². The summed E-state index contributed by atoms with van der Waals surface area (Å²) < 4.78 is 5.71. The first-order valence-electron chi connectivity index (χ1n) is 5.73. The van der Waals surface area contributed by atoms with Crippen molar-refractivity contribution in [2.75, 3.05) is 12.4 Å². The minimum absolute atomic E-state index is 0.0276. The molecule has 9 heteroatoms. The standard InChI is InChI=1S/C12H10Cl2N4O3/c1-21-12(20)10-5-18(17-16-10)6-11(19)15-7-2-3-8(13)9(14)4-7/h2-5H,6H2,1H3,(H,15,19). The minimum Gasteiger partial charge on any atom is -0.464 e. The zero-order valence-corrected chi connectivity index (χ0v) is 12.4. The molecule has 0 atom stereocenters. The normalized spacial score (nSPS) is 10.2. The second-order valence-electron chi connectivity index (χ2n) is 3.97. The van der Waals surface area contributed by atoms with E-state index in [2.05, 4.69) is 20.4 Å². The summed E-state index contributed by atoms with van der Waals surface area (Å²) in [4.78, 5) is 23.0. The van der Waals surface area contributed by atoms with E-state index in [4.69, 9.17) is 23.2 Å². The first-order valence-corrected chi connectivity index (χ1v) is 6.48. The lowest BCUT2D eigenvalue weighted by Gasteiger charge is -2.06. The molecule has 21 heavy (non-hydrogen) atoms. The molecule has 2 rings (SSSR count). The Morgan fingerprint density at radius 1 is 1.33 bits per heavy atom. The molecular weight excluding hydrogens is 319 g/mol. The quantitative estimate of drug-likeness (QED) is 0.867. The highest BCUT2D eigenvalue weighted by molar-refractivity contribution is 6.42. The zero-order valence-electron chi connectivity index (χ0n) is 10.8. The van der Waals surface area contributed by atoms with Crippen molar-refractivity contribution in [3.8, 4) is 0 Å². The molecule has 7 nitrogen and oxygen atoms in total. The van der Waals surface area contributed by atoms with Crippen molar-refractivity contribution in [3.05, 3.63) is 40.1 Å². The van der Waals surface area contributed by atoms with Crippen molar-refractivity contribution in [2.24, 2.45) is 0 Å². The Hall–Kier alpha value is -2.12. The molecule has 0 aliphatic rings. The van der Waals surface area contributed by atoms with Gasteiger partial charge in [0.05, 0.1) is 23.4 Å². The predicted octanol–water partition coefficient (Wildman–Crippen LogP) is 2.01. The summed E-state index contributed by atoms with van der Waals surface area (Å²) in [6.07, 6.45) is 1.32. The van der Waals surface area contributed by atoms with Crippen LogP contribution in [0.1, 0.15) is 10.5 Å². The third-order valence-corrected chi connectivity index (χ3v) is 3.18. The molecule has 1 aromatic carbocycles. The van der Waals surface area contributed by atoms with Gasteiger partial charge in [0.15, 0.2) is 5.69 Å². The maximum absolute atomic E-state index is 11.8. The van der Waals surface area contributed by atoms with Crippen molar-refractivity contribution >= 4 is 40.8 Å². The van der Waals surface area contributed by atoms with Crippen LogP contribution in [0.25, 0.3) is 0 Å². The van der Waals surface area contributed by atoms with E-state index in [0.29, 0.717) is 15.7 Å². The Balaban J connectivity index is 1.99. The van der Waals surface area contributed by atoms with Crippen molar-refractivity contribution < 1.29 is 14.3 Å². The molecule has 0 unspecified atom stereocenters. The molecule has 1 amide bonds. The number of nitrogens with one attached hydrogen (secondary N) is 1. The number of rotatable bonds is 4. The molecule has 0 spiro atoms. The monoisotopic (exact) mass is 328 g/mol. The van der Waals surface area contributed by atoms with E-state index in [1.165, 1.54) is 24.1 Å². The fraction of sp³-hybridized carbons (Fsp3) is 0.167. The largest absolute Gasteiger partial charge is 0.464 e. The second kappa shape index (κ2) is 6.55. The van der Waals surface area contributed by atoms with Gasteiger partial charge >= 0.3 is 5.97 Å². The fourth-order valence-corrected chi connectivity index (χ4v) is 1.79. The van der Waals surface area contributed by atoms with Crippen LogP contribution in [0.4, 0.5) is 5.69 Å². The summed E-state index contributed by atoms with van der Waals surface area (Å²) in [5.41, 5.74) is 0.530. The average Bonchev–Trinajstić information content (AvgIpc) is 2.90. The van der Waals surface area contributed by atoms with Crippen LogP contribution in [-0.4, -0.2) is 34.0 Å². The number of benzene rings is 1. The molecule has 0 saturated carbocycles. The lowest BCUT2D eigenvalue weighted by molar-refractivity contribution is -0.116. The number of ether oxygens (including phenoxy) is 1. The zero-order chi connectivity index (χ0) is 15.4. The van der Waals surface area contributed by atoms with E-state index in [0.717, 1.165) is 0 Å². The topological polar surface area (TPSA) is 86.1 Å². The summed E-state index contributed by atoms with van der Waals surface area (Å²) in [5.74, 6) is -0.971. The van der Waals surface area contributed by atoms with E-state index in [9.17, 15) is 9.59 Å². The number of halogens is 2. The van der Waals surface area contributed by atoms with Crippen molar-refractivity contribution in [1.82, 2.24) is 15.0 Å². The Labute approximate surface area is 129 Å². The number of esters is 1. The summed E-state index contributed by atoms with van der Waals surface area (Å²) in [6, 6.07) is 4.72. The van der Waals surface area contributed by atoms with E-state index in [-0.39, 0.29) is 18.1 Å². The van der Waals surface area contributed by atoms with Crippen LogP contribution in [0.2, 0.25) is 10.0 Å². The Morgan fingerprint density at radius 3 is 2.76 bits per heavy atom. The molecule has 0 fully saturated rings. The van der Waals surface area contributed by atoms with Crippen LogP contribution in [-0.2, 0) is 16.1 Å². The third-order valence-electron chi connectivity index (χ3n) is 2.44. The maximum Gasteiger partial charge on any atom is 0.360 e. The Kier molecular flexibility index (Phi) is 4.77. The highest BCUT2D eigenvalue weighted by Gasteiger charge is 2.12. The molecular formula is C12H10Cl2N4O3. The third kappa shape index (κ3) is 3.93. The Bertz CT molecular complexity index is 687. The van der Waals surface area contributed by atoms with Gasteiger partial charge in [0, 0.05) is 5.69 Å². The number of amides is 1. The number of nitrogens with zero attached hydrogens (tertiary/aromatic N) is 3. The van der Waals surface area contributed by atoms with Gasteiger partial charge < -0.3 is 10.1 Å². The number of methoxy groups -OCH3 is 1. The van der Waals surface area contributed by atoms with Crippen LogP contribution in [0.3, 0.4) is 0 Å². The smallest absolute Gasteiger partial charge is 0.360 e. The molecule has 0 bridgehead atoms. The SMILES string of the molecule is COC(=O)c1cn(CC(=O)Nc2ccc(Cl)c(Cl)c2)nn1. The molecule has 110 valence electrons.